The standard InChI is InChI=1S/C13H22N6S/c1-5-10-13(20-18-17-10)11(14-4)6-12-15-8-16-19(12)7-9(2)3/h8-9,11,14H,5-7H2,1-4H3. The molecule has 0 fully saturated rings. The van der Waals surface area contributed by atoms with E-state index in [-0.39, 0.29) is 6.04 Å². The lowest BCUT2D eigenvalue weighted by molar-refractivity contribution is 0.452. The Morgan fingerprint density at radius 3 is 2.85 bits per heavy atom. The first-order chi connectivity index (χ1) is 9.65. The first-order valence-electron chi connectivity index (χ1n) is 7.00. The van der Waals surface area contributed by atoms with Gasteiger partial charge in [-0.25, -0.2) is 9.67 Å². The number of aryl methyl sites for hydroxylation is 1. The van der Waals surface area contributed by atoms with Crippen LogP contribution in [0.5, 0.6) is 0 Å². The van der Waals surface area contributed by atoms with Gasteiger partial charge in [-0.15, -0.1) is 5.10 Å². The Balaban J connectivity index is 2.16. The minimum Gasteiger partial charge on any atom is -0.312 e. The monoisotopic (exact) mass is 294 g/mol. The van der Waals surface area contributed by atoms with Crippen molar-refractivity contribution in [1.82, 2.24) is 29.7 Å². The summed E-state index contributed by atoms with van der Waals surface area (Å²) in [5.41, 5.74) is 1.07. The highest BCUT2D eigenvalue weighted by atomic mass is 32.1. The molecule has 6 nitrogen and oxygen atoms in total. The zero-order valence-corrected chi connectivity index (χ0v) is 13.3. The molecule has 20 heavy (non-hydrogen) atoms. The minimum absolute atomic E-state index is 0.195. The molecule has 0 amide bonds. The number of nitrogens with zero attached hydrogens (tertiary/aromatic N) is 5. The summed E-state index contributed by atoms with van der Waals surface area (Å²) in [7, 11) is 1.97. The lowest BCUT2D eigenvalue weighted by Gasteiger charge is -2.16. The molecule has 1 atom stereocenters. The van der Waals surface area contributed by atoms with Gasteiger partial charge in [0.25, 0.3) is 0 Å². The van der Waals surface area contributed by atoms with Gasteiger partial charge in [0.2, 0.25) is 0 Å². The fraction of sp³-hybridized carbons (Fsp3) is 0.692. The predicted octanol–water partition coefficient (Wildman–Crippen LogP) is 1.85. The Kier molecular flexibility index (Phi) is 5.19. The second-order valence-corrected chi connectivity index (χ2v) is 6.02. The summed E-state index contributed by atoms with van der Waals surface area (Å²) in [6, 6.07) is 0.195. The largest absolute Gasteiger partial charge is 0.312 e. The maximum Gasteiger partial charge on any atom is 0.138 e. The van der Waals surface area contributed by atoms with Crippen molar-refractivity contribution >= 4 is 11.5 Å². The van der Waals surface area contributed by atoms with Crippen LogP contribution in [-0.4, -0.2) is 31.4 Å². The van der Waals surface area contributed by atoms with Crippen molar-refractivity contribution in [1.29, 1.82) is 0 Å². The SMILES string of the molecule is CCc1nnsc1C(Cc1ncnn1CC(C)C)NC. The second kappa shape index (κ2) is 6.90. The quantitative estimate of drug-likeness (QED) is 0.844. The third-order valence-corrected chi connectivity index (χ3v) is 4.09. The minimum atomic E-state index is 0.195. The van der Waals surface area contributed by atoms with Gasteiger partial charge in [0, 0.05) is 13.0 Å². The zero-order valence-electron chi connectivity index (χ0n) is 12.5. The van der Waals surface area contributed by atoms with E-state index in [1.165, 1.54) is 16.4 Å². The third kappa shape index (κ3) is 3.40. The van der Waals surface area contributed by atoms with Crippen LogP contribution >= 0.6 is 11.5 Å². The molecule has 0 aliphatic heterocycles. The fourth-order valence-electron chi connectivity index (χ4n) is 2.18. The maximum absolute atomic E-state index is 4.40. The smallest absolute Gasteiger partial charge is 0.138 e. The fourth-order valence-corrected chi connectivity index (χ4v) is 3.02. The van der Waals surface area contributed by atoms with Gasteiger partial charge in [0.1, 0.15) is 12.2 Å². The Morgan fingerprint density at radius 2 is 2.20 bits per heavy atom. The Morgan fingerprint density at radius 1 is 1.40 bits per heavy atom. The van der Waals surface area contributed by atoms with Crippen LogP contribution < -0.4 is 5.32 Å². The van der Waals surface area contributed by atoms with E-state index in [9.17, 15) is 0 Å². The van der Waals surface area contributed by atoms with Crippen molar-refractivity contribution in [2.24, 2.45) is 5.92 Å². The van der Waals surface area contributed by atoms with Crippen molar-refractivity contribution in [3.05, 3.63) is 22.7 Å². The van der Waals surface area contributed by atoms with Gasteiger partial charge in [0.15, 0.2) is 0 Å². The molecule has 2 aromatic heterocycles. The molecule has 0 bridgehead atoms. The molecule has 1 unspecified atom stereocenters. The number of likely N-dealkylation sites (N-methyl/N-ethyl adjacent to an activating group) is 1. The zero-order chi connectivity index (χ0) is 14.5. The topological polar surface area (TPSA) is 68.5 Å². The summed E-state index contributed by atoms with van der Waals surface area (Å²) in [6.07, 6.45) is 3.35. The summed E-state index contributed by atoms with van der Waals surface area (Å²) in [5.74, 6) is 1.56. The molecule has 2 aromatic rings. The van der Waals surface area contributed by atoms with Crippen LogP contribution in [0.25, 0.3) is 0 Å². The van der Waals surface area contributed by atoms with Crippen molar-refractivity contribution < 1.29 is 0 Å². The van der Waals surface area contributed by atoms with Crippen LogP contribution in [0.1, 0.15) is 43.2 Å². The molecular formula is C13H22N6S. The number of hydrogen-bond acceptors (Lipinski definition) is 6. The van der Waals surface area contributed by atoms with Crippen LogP contribution in [0.2, 0.25) is 0 Å². The molecule has 110 valence electrons. The maximum atomic E-state index is 4.40. The van der Waals surface area contributed by atoms with E-state index >= 15 is 0 Å². The lowest BCUT2D eigenvalue weighted by atomic mass is 10.1. The number of aromatic nitrogens is 5. The van der Waals surface area contributed by atoms with Gasteiger partial charge < -0.3 is 5.32 Å². The van der Waals surface area contributed by atoms with Crippen molar-refractivity contribution in [3.63, 3.8) is 0 Å². The summed E-state index contributed by atoms with van der Waals surface area (Å²) in [6.45, 7) is 7.37. The number of rotatable bonds is 7. The van der Waals surface area contributed by atoms with Crippen LogP contribution in [-0.2, 0) is 19.4 Å². The normalized spacial score (nSPS) is 13.1. The molecule has 0 aliphatic rings. The van der Waals surface area contributed by atoms with Gasteiger partial charge in [-0.2, -0.15) is 5.10 Å². The molecule has 0 spiro atoms. The molecule has 0 aromatic carbocycles. The molecule has 0 aliphatic carbocycles. The van der Waals surface area contributed by atoms with E-state index in [4.69, 9.17) is 0 Å². The lowest BCUT2D eigenvalue weighted by Crippen LogP contribution is -2.22. The van der Waals surface area contributed by atoms with Crippen molar-refractivity contribution in [2.45, 2.75) is 46.2 Å². The molecule has 1 N–H and O–H groups in total. The molecule has 7 heteroatoms. The van der Waals surface area contributed by atoms with E-state index in [0.717, 1.165) is 30.9 Å². The van der Waals surface area contributed by atoms with E-state index in [2.05, 4.69) is 45.8 Å². The predicted molar refractivity (Wildman–Crippen MR) is 79.7 cm³/mol. The van der Waals surface area contributed by atoms with Crippen molar-refractivity contribution in [3.8, 4) is 0 Å². The molecule has 2 rings (SSSR count). The van der Waals surface area contributed by atoms with Crippen molar-refractivity contribution in [2.75, 3.05) is 7.05 Å². The Bertz CT molecular complexity index is 532. The molecule has 2 heterocycles. The molecule has 0 saturated carbocycles. The van der Waals surface area contributed by atoms with Crippen LogP contribution in [0.4, 0.5) is 0 Å². The van der Waals surface area contributed by atoms with Crippen LogP contribution in [0.3, 0.4) is 0 Å². The van der Waals surface area contributed by atoms with Gasteiger partial charge in [0.05, 0.1) is 16.6 Å². The van der Waals surface area contributed by atoms with Gasteiger partial charge in [-0.1, -0.05) is 25.3 Å². The summed E-state index contributed by atoms with van der Waals surface area (Å²) in [5, 5.41) is 11.9. The first kappa shape index (κ1) is 15.1. The average molecular weight is 294 g/mol. The highest BCUT2D eigenvalue weighted by molar-refractivity contribution is 7.05. The van der Waals surface area contributed by atoms with Crippen LogP contribution in [0.15, 0.2) is 6.33 Å². The van der Waals surface area contributed by atoms with E-state index < -0.39 is 0 Å². The van der Waals surface area contributed by atoms with Gasteiger partial charge in [-0.05, 0) is 30.9 Å². The number of hydrogen-bond donors (Lipinski definition) is 1. The summed E-state index contributed by atoms with van der Waals surface area (Å²) < 4.78 is 6.07. The Labute approximate surface area is 123 Å². The molecular weight excluding hydrogens is 272 g/mol. The number of nitrogens with one attached hydrogen (secondary N) is 1. The Hall–Kier alpha value is -1.34. The van der Waals surface area contributed by atoms with Gasteiger partial charge in [-0.3, -0.25) is 0 Å². The van der Waals surface area contributed by atoms with E-state index in [0.29, 0.717) is 5.92 Å². The molecule has 0 saturated heterocycles. The van der Waals surface area contributed by atoms with E-state index in [1.54, 1.807) is 6.33 Å². The summed E-state index contributed by atoms with van der Waals surface area (Å²) >= 11 is 1.47. The van der Waals surface area contributed by atoms with Crippen LogP contribution in [0, 0.1) is 5.92 Å². The van der Waals surface area contributed by atoms with Gasteiger partial charge >= 0.3 is 0 Å². The summed E-state index contributed by atoms with van der Waals surface area (Å²) in [4.78, 5) is 5.60. The third-order valence-electron chi connectivity index (χ3n) is 3.21. The average Bonchev–Trinajstić information content (AvgIpc) is 3.04. The second-order valence-electron chi connectivity index (χ2n) is 5.24. The first-order valence-corrected chi connectivity index (χ1v) is 7.78. The van der Waals surface area contributed by atoms with E-state index in [1.807, 2.05) is 11.7 Å². The highest BCUT2D eigenvalue weighted by Crippen LogP contribution is 2.23. The highest BCUT2D eigenvalue weighted by Gasteiger charge is 2.20. The molecule has 0 radical (unpaired) electrons.